The Morgan fingerprint density at radius 2 is 1.87 bits per heavy atom. The lowest BCUT2D eigenvalue weighted by Gasteiger charge is -2.35. The van der Waals surface area contributed by atoms with Crippen LogP contribution in [0.3, 0.4) is 0 Å². The Morgan fingerprint density at radius 3 is 2.56 bits per heavy atom. The molecule has 9 nitrogen and oxygen atoms in total. The number of benzene rings is 2. The molecule has 2 aliphatic rings. The molecule has 39 heavy (non-hydrogen) atoms. The summed E-state index contributed by atoms with van der Waals surface area (Å²) in [6, 6.07) is 7.62. The standard InChI is InChI=1S/C29H31FN6O3/c1-15(2)25-27(26(16(3)4)33-14-32-25)36-20-10-17(23-19(30)6-5-7-21(23)37)11-22-24(20)28(34-29(36)38)35-9-8-31-12-18(35)13-39-22/h5-7,10-11,14-16,18,31,37H,8-9,12-13H2,1-4H3/t18-/m0/s1. The van der Waals surface area contributed by atoms with Gasteiger partial charge in [-0.25, -0.2) is 19.2 Å². The highest BCUT2D eigenvalue weighted by Gasteiger charge is 2.33. The number of ether oxygens (including phenoxy) is 1. The van der Waals surface area contributed by atoms with Crippen molar-refractivity contribution in [3.63, 3.8) is 0 Å². The summed E-state index contributed by atoms with van der Waals surface area (Å²) in [6.45, 7) is 10.5. The number of aromatic nitrogens is 4. The van der Waals surface area contributed by atoms with Gasteiger partial charge in [-0.2, -0.15) is 4.98 Å². The number of aromatic hydroxyl groups is 1. The molecular formula is C29H31FN6O3. The van der Waals surface area contributed by atoms with Crippen molar-refractivity contribution in [2.24, 2.45) is 0 Å². The van der Waals surface area contributed by atoms with Gasteiger partial charge in [0.25, 0.3) is 0 Å². The van der Waals surface area contributed by atoms with Gasteiger partial charge in [0.15, 0.2) is 0 Å². The van der Waals surface area contributed by atoms with Crippen molar-refractivity contribution in [1.29, 1.82) is 0 Å². The maximum Gasteiger partial charge on any atom is 0.354 e. The van der Waals surface area contributed by atoms with Crippen molar-refractivity contribution >= 4 is 16.7 Å². The van der Waals surface area contributed by atoms with Gasteiger partial charge >= 0.3 is 5.69 Å². The second-order valence-corrected chi connectivity index (χ2v) is 10.7. The second kappa shape index (κ2) is 9.60. The highest BCUT2D eigenvalue weighted by Crippen LogP contribution is 2.43. The van der Waals surface area contributed by atoms with Crippen LogP contribution in [-0.4, -0.2) is 56.9 Å². The van der Waals surface area contributed by atoms with Crippen LogP contribution >= 0.6 is 0 Å². The van der Waals surface area contributed by atoms with E-state index in [9.17, 15) is 9.90 Å². The molecule has 6 rings (SSSR count). The Kier molecular flexibility index (Phi) is 6.22. The molecule has 2 N–H and O–H groups in total. The molecule has 0 bridgehead atoms. The van der Waals surface area contributed by atoms with E-state index in [0.717, 1.165) is 6.54 Å². The monoisotopic (exact) mass is 530 g/mol. The molecule has 2 aromatic carbocycles. The number of hydrogen-bond donors (Lipinski definition) is 2. The molecule has 2 aliphatic heterocycles. The third-order valence-corrected chi connectivity index (χ3v) is 7.47. The number of phenols is 1. The first-order valence-electron chi connectivity index (χ1n) is 13.3. The summed E-state index contributed by atoms with van der Waals surface area (Å²) < 4.78 is 23.0. The summed E-state index contributed by atoms with van der Waals surface area (Å²) >= 11 is 0. The quantitative estimate of drug-likeness (QED) is 0.406. The van der Waals surface area contributed by atoms with Crippen molar-refractivity contribution in [1.82, 2.24) is 24.8 Å². The molecule has 0 aliphatic carbocycles. The Bertz CT molecular complexity index is 1600. The molecular weight excluding hydrogens is 499 g/mol. The van der Waals surface area contributed by atoms with Gasteiger partial charge in [-0.1, -0.05) is 33.8 Å². The van der Waals surface area contributed by atoms with E-state index in [1.165, 1.54) is 24.5 Å². The lowest BCUT2D eigenvalue weighted by atomic mass is 9.99. The predicted molar refractivity (Wildman–Crippen MR) is 148 cm³/mol. The highest BCUT2D eigenvalue weighted by molar-refractivity contribution is 6.00. The maximum absolute atomic E-state index is 15.1. The zero-order chi connectivity index (χ0) is 27.4. The van der Waals surface area contributed by atoms with E-state index in [4.69, 9.17) is 4.74 Å². The first-order valence-corrected chi connectivity index (χ1v) is 13.3. The fraction of sp³-hybridized carbons (Fsp3) is 0.379. The fourth-order valence-electron chi connectivity index (χ4n) is 5.64. The number of hydrogen-bond acceptors (Lipinski definition) is 8. The van der Waals surface area contributed by atoms with E-state index in [-0.39, 0.29) is 29.2 Å². The Balaban J connectivity index is 1.78. The summed E-state index contributed by atoms with van der Waals surface area (Å²) in [5, 5.41) is 14.7. The van der Waals surface area contributed by atoms with E-state index >= 15 is 4.39 Å². The number of nitrogens with zero attached hydrogens (tertiary/aromatic N) is 5. The van der Waals surface area contributed by atoms with E-state index in [2.05, 4.69) is 25.2 Å². The Hall–Kier alpha value is -4.05. The predicted octanol–water partition coefficient (Wildman–Crippen LogP) is 4.10. The van der Waals surface area contributed by atoms with Crippen LogP contribution in [0.15, 0.2) is 41.5 Å². The lowest BCUT2D eigenvalue weighted by Crippen LogP contribution is -2.54. The van der Waals surface area contributed by atoms with E-state index in [1.807, 2.05) is 27.7 Å². The molecule has 1 atom stereocenters. The van der Waals surface area contributed by atoms with Crippen LogP contribution in [-0.2, 0) is 0 Å². The molecule has 1 fully saturated rings. The Labute approximate surface area is 225 Å². The van der Waals surface area contributed by atoms with Gasteiger partial charge in [0.2, 0.25) is 0 Å². The number of fused-ring (bicyclic) bond motifs is 2. The first-order chi connectivity index (χ1) is 18.8. The smallest absolute Gasteiger partial charge is 0.354 e. The zero-order valence-corrected chi connectivity index (χ0v) is 22.4. The van der Waals surface area contributed by atoms with Gasteiger partial charge in [0.1, 0.15) is 36.1 Å². The molecule has 202 valence electrons. The molecule has 0 unspecified atom stereocenters. The molecule has 0 spiro atoms. The van der Waals surface area contributed by atoms with Crippen LogP contribution in [0.5, 0.6) is 11.5 Å². The van der Waals surface area contributed by atoms with Crippen molar-refractivity contribution < 1.29 is 14.2 Å². The summed E-state index contributed by atoms with van der Waals surface area (Å²) in [5.74, 6) is 0.227. The van der Waals surface area contributed by atoms with E-state index in [0.29, 0.717) is 64.8 Å². The molecule has 0 amide bonds. The van der Waals surface area contributed by atoms with Gasteiger partial charge in [0.05, 0.1) is 39.6 Å². The van der Waals surface area contributed by atoms with Crippen LogP contribution < -0.4 is 20.6 Å². The van der Waals surface area contributed by atoms with Crippen LogP contribution in [0.2, 0.25) is 0 Å². The van der Waals surface area contributed by atoms with Gasteiger partial charge in [-0.15, -0.1) is 0 Å². The first kappa shape index (κ1) is 25.2. The lowest BCUT2D eigenvalue weighted by molar-refractivity contribution is 0.274. The number of piperazine rings is 1. The van der Waals surface area contributed by atoms with Crippen molar-refractivity contribution in [3.05, 3.63) is 64.3 Å². The summed E-state index contributed by atoms with van der Waals surface area (Å²) in [7, 11) is 0. The maximum atomic E-state index is 15.1. The van der Waals surface area contributed by atoms with Crippen molar-refractivity contribution in [3.8, 4) is 28.3 Å². The molecule has 0 saturated carbocycles. The minimum atomic E-state index is -0.575. The molecule has 0 radical (unpaired) electrons. The largest absolute Gasteiger partial charge is 0.507 e. The van der Waals surface area contributed by atoms with Gasteiger partial charge in [-0.05, 0) is 41.7 Å². The number of halogens is 1. The average molecular weight is 531 g/mol. The Morgan fingerprint density at radius 1 is 1.13 bits per heavy atom. The normalized spacial score (nSPS) is 16.9. The van der Waals surface area contributed by atoms with Gasteiger partial charge in [-0.3, -0.25) is 4.57 Å². The van der Waals surface area contributed by atoms with Crippen molar-refractivity contribution in [2.75, 3.05) is 31.1 Å². The van der Waals surface area contributed by atoms with Crippen LogP contribution in [0.4, 0.5) is 10.2 Å². The summed E-state index contributed by atoms with van der Waals surface area (Å²) in [5.41, 5.74) is 2.46. The minimum absolute atomic E-state index is 0.00938. The van der Waals surface area contributed by atoms with Crippen molar-refractivity contribution in [2.45, 2.75) is 45.6 Å². The highest BCUT2D eigenvalue weighted by atomic mass is 19.1. The van der Waals surface area contributed by atoms with Gasteiger partial charge < -0.3 is 20.1 Å². The molecule has 2 aromatic heterocycles. The van der Waals surface area contributed by atoms with E-state index < -0.39 is 11.5 Å². The molecule has 4 heterocycles. The summed E-state index contributed by atoms with van der Waals surface area (Å²) in [4.78, 5) is 30.0. The number of nitrogens with one attached hydrogen (secondary N) is 1. The third-order valence-electron chi connectivity index (χ3n) is 7.47. The number of phenolic OH excluding ortho intramolecular Hbond substituents is 1. The fourth-order valence-corrected chi connectivity index (χ4v) is 5.64. The average Bonchev–Trinajstić information content (AvgIpc) is 3.06. The molecule has 4 aromatic rings. The van der Waals surface area contributed by atoms with Crippen LogP contribution in [0.25, 0.3) is 27.7 Å². The number of rotatable bonds is 4. The summed E-state index contributed by atoms with van der Waals surface area (Å²) in [6.07, 6.45) is 1.53. The minimum Gasteiger partial charge on any atom is -0.507 e. The topological polar surface area (TPSA) is 105 Å². The number of anilines is 1. The molecule has 1 saturated heterocycles. The molecule has 10 heteroatoms. The third kappa shape index (κ3) is 4.10. The van der Waals surface area contributed by atoms with Crippen LogP contribution in [0.1, 0.15) is 50.9 Å². The SMILES string of the molecule is CC(C)c1ncnc(C(C)C)c1-n1c(=O)nc2c3c(cc(-c4c(O)cccc4F)cc31)OC[C@@H]1CNCCN21. The van der Waals surface area contributed by atoms with Gasteiger partial charge in [0, 0.05) is 19.6 Å². The second-order valence-electron chi connectivity index (χ2n) is 10.7. The van der Waals surface area contributed by atoms with E-state index in [1.54, 1.807) is 16.7 Å². The van der Waals surface area contributed by atoms with Crippen LogP contribution in [0, 0.1) is 5.82 Å². The zero-order valence-electron chi connectivity index (χ0n) is 22.4.